The van der Waals surface area contributed by atoms with Gasteiger partial charge in [-0.15, -0.1) is 11.3 Å². The van der Waals surface area contributed by atoms with Crippen molar-refractivity contribution in [1.82, 2.24) is 5.32 Å². The summed E-state index contributed by atoms with van der Waals surface area (Å²) < 4.78 is 25.2. The molecule has 0 radical (unpaired) electrons. The van der Waals surface area contributed by atoms with Crippen molar-refractivity contribution in [3.05, 3.63) is 46.4 Å². The molecule has 0 unspecified atom stereocenters. The van der Waals surface area contributed by atoms with Crippen LogP contribution in [-0.4, -0.2) is 57.5 Å². The van der Waals surface area contributed by atoms with Crippen LogP contribution in [-0.2, 0) is 9.47 Å². The highest BCUT2D eigenvalue weighted by molar-refractivity contribution is 7.12. The van der Waals surface area contributed by atoms with E-state index in [1.165, 1.54) is 22.3 Å². The number of hydrogen-bond donors (Lipinski definition) is 1. The fourth-order valence-electron chi connectivity index (χ4n) is 3.26. The largest absolute Gasteiger partial charge is 0.442 e. The number of halogens is 1. The second-order valence-corrected chi connectivity index (χ2v) is 7.49. The smallest absolute Gasteiger partial charge is 0.414 e. The molecule has 2 aromatic rings. The summed E-state index contributed by atoms with van der Waals surface area (Å²) in [6, 6.07) is 8.26. The van der Waals surface area contributed by atoms with Crippen molar-refractivity contribution in [3.63, 3.8) is 0 Å². The SMILES string of the molecule is O=C(NC[C@H]1CN(c2ccc(N3CCOCC3)c(F)c2)C(=O)O1)c1cccs1. The maximum atomic E-state index is 14.6. The Hall–Kier alpha value is -2.65. The second kappa shape index (κ2) is 8.15. The maximum absolute atomic E-state index is 14.6. The van der Waals surface area contributed by atoms with Crippen LogP contribution in [0.2, 0.25) is 0 Å². The predicted octanol–water partition coefficient (Wildman–Crippen LogP) is 2.48. The number of carbonyl (C=O) groups excluding carboxylic acids is 2. The Morgan fingerprint density at radius 2 is 2.11 bits per heavy atom. The molecule has 2 amide bonds. The van der Waals surface area contributed by atoms with Gasteiger partial charge >= 0.3 is 6.09 Å². The van der Waals surface area contributed by atoms with Crippen molar-refractivity contribution in [1.29, 1.82) is 0 Å². The second-order valence-electron chi connectivity index (χ2n) is 6.54. The molecule has 0 bridgehead atoms. The van der Waals surface area contributed by atoms with Gasteiger partial charge in [0.15, 0.2) is 0 Å². The van der Waals surface area contributed by atoms with E-state index < -0.39 is 12.2 Å². The third-order valence-corrected chi connectivity index (χ3v) is 5.57. The molecular formula is C19H20FN3O4S. The summed E-state index contributed by atoms with van der Waals surface area (Å²) in [6.45, 7) is 2.85. The number of benzene rings is 1. The first-order valence-corrected chi connectivity index (χ1v) is 9.92. The normalized spacial score (nSPS) is 19.6. The molecule has 1 atom stereocenters. The lowest BCUT2D eigenvalue weighted by Crippen LogP contribution is -2.37. The van der Waals surface area contributed by atoms with Crippen molar-refractivity contribution in [3.8, 4) is 0 Å². The van der Waals surface area contributed by atoms with E-state index in [0.717, 1.165) is 0 Å². The quantitative estimate of drug-likeness (QED) is 0.828. The number of amides is 2. The summed E-state index contributed by atoms with van der Waals surface area (Å²) in [4.78, 5) is 28.1. The number of anilines is 2. The lowest BCUT2D eigenvalue weighted by molar-refractivity contribution is 0.0920. The lowest BCUT2D eigenvalue weighted by Gasteiger charge is -2.29. The molecule has 2 fully saturated rings. The van der Waals surface area contributed by atoms with Crippen molar-refractivity contribution in [2.45, 2.75) is 6.10 Å². The highest BCUT2D eigenvalue weighted by Gasteiger charge is 2.33. The van der Waals surface area contributed by atoms with Crippen LogP contribution >= 0.6 is 11.3 Å². The monoisotopic (exact) mass is 405 g/mol. The van der Waals surface area contributed by atoms with Crippen molar-refractivity contribution < 1.29 is 23.5 Å². The zero-order chi connectivity index (χ0) is 19.5. The third kappa shape index (κ3) is 3.95. The predicted molar refractivity (Wildman–Crippen MR) is 104 cm³/mol. The van der Waals surface area contributed by atoms with Gasteiger partial charge in [-0.05, 0) is 29.6 Å². The first kappa shape index (κ1) is 18.7. The number of carbonyl (C=O) groups is 2. The summed E-state index contributed by atoms with van der Waals surface area (Å²) in [7, 11) is 0. The standard InChI is InChI=1S/C19H20FN3O4S/c20-15-10-13(3-4-16(15)22-5-7-26-8-6-22)23-12-14(27-19(23)25)11-21-18(24)17-2-1-9-28-17/h1-4,9-10,14H,5-8,11-12H2,(H,21,24)/t14-/m0/s1. The Kier molecular flexibility index (Phi) is 5.45. The van der Waals surface area contributed by atoms with Gasteiger partial charge in [-0.1, -0.05) is 6.07 Å². The summed E-state index contributed by atoms with van der Waals surface area (Å²) in [5.74, 6) is -0.591. The Morgan fingerprint density at radius 3 is 2.82 bits per heavy atom. The van der Waals surface area contributed by atoms with Gasteiger partial charge in [-0.2, -0.15) is 0 Å². The molecule has 2 aliphatic heterocycles. The number of hydrogen-bond acceptors (Lipinski definition) is 6. The number of morpholine rings is 1. The van der Waals surface area contributed by atoms with Crippen LogP contribution < -0.4 is 15.1 Å². The average Bonchev–Trinajstić information content (AvgIpc) is 3.37. The van der Waals surface area contributed by atoms with Crippen LogP contribution in [0.1, 0.15) is 9.67 Å². The average molecular weight is 405 g/mol. The van der Waals surface area contributed by atoms with E-state index in [0.29, 0.717) is 42.6 Å². The summed E-state index contributed by atoms with van der Waals surface area (Å²) >= 11 is 1.34. The Balaban J connectivity index is 1.38. The Labute approximate surface area is 165 Å². The highest BCUT2D eigenvalue weighted by Crippen LogP contribution is 2.28. The fraction of sp³-hybridized carbons (Fsp3) is 0.368. The van der Waals surface area contributed by atoms with Crippen LogP contribution in [0.3, 0.4) is 0 Å². The van der Waals surface area contributed by atoms with Crippen molar-refractivity contribution >= 4 is 34.7 Å². The molecule has 2 saturated heterocycles. The molecule has 148 valence electrons. The number of thiophene rings is 1. The van der Waals surface area contributed by atoms with Crippen LogP contribution in [0, 0.1) is 5.82 Å². The molecule has 2 aliphatic rings. The van der Waals surface area contributed by atoms with Crippen molar-refractivity contribution in [2.75, 3.05) is 49.2 Å². The van der Waals surface area contributed by atoms with Gasteiger partial charge in [0.05, 0.1) is 42.6 Å². The molecule has 7 nitrogen and oxygen atoms in total. The molecular weight excluding hydrogens is 385 g/mol. The van der Waals surface area contributed by atoms with Gasteiger partial charge in [0.1, 0.15) is 11.9 Å². The fourth-order valence-corrected chi connectivity index (χ4v) is 3.90. The van der Waals surface area contributed by atoms with E-state index in [1.807, 2.05) is 10.3 Å². The highest BCUT2D eigenvalue weighted by atomic mass is 32.1. The maximum Gasteiger partial charge on any atom is 0.414 e. The molecule has 1 aromatic carbocycles. The van der Waals surface area contributed by atoms with Crippen molar-refractivity contribution in [2.24, 2.45) is 0 Å². The number of nitrogens with one attached hydrogen (secondary N) is 1. The lowest BCUT2D eigenvalue weighted by atomic mass is 10.2. The minimum atomic E-state index is -0.547. The van der Waals surface area contributed by atoms with Gasteiger partial charge < -0.3 is 19.7 Å². The number of ether oxygens (including phenoxy) is 2. The van der Waals surface area contributed by atoms with Gasteiger partial charge in [0.25, 0.3) is 5.91 Å². The number of nitrogens with zero attached hydrogens (tertiary/aromatic N) is 2. The topological polar surface area (TPSA) is 71.1 Å². The van der Waals surface area contributed by atoms with E-state index in [4.69, 9.17) is 9.47 Å². The third-order valence-electron chi connectivity index (χ3n) is 4.70. The van der Waals surface area contributed by atoms with Crippen LogP contribution in [0.4, 0.5) is 20.6 Å². The molecule has 1 aromatic heterocycles. The number of rotatable bonds is 5. The summed E-state index contributed by atoms with van der Waals surface area (Å²) in [5, 5.41) is 4.58. The molecule has 0 aliphatic carbocycles. The molecule has 28 heavy (non-hydrogen) atoms. The summed E-state index contributed by atoms with van der Waals surface area (Å²) in [6.07, 6.45) is -1.03. The first-order chi connectivity index (χ1) is 13.6. The molecule has 1 N–H and O–H groups in total. The molecule has 0 saturated carbocycles. The van der Waals surface area contributed by atoms with Gasteiger partial charge in [0, 0.05) is 13.1 Å². The van der Waals surface area contributed by atoms with E-state index >= 15 is 0 Å². The zero-order valence-corrected chi connectivity index (χ0v) is 15.9. The Morgan fingerprint density at radius 1 is 1.29 bits per heavy atom. The van der Waals surface area contributed by atoms with E-state index in [-0.39, 0.29) is 24.8 Å². The Bertz CT molecular complexity index is 855. The molecule has 0 spiro atoms. The van der Waals surface area contributed by atoms with Gasteiger partial charge in [-0.3, -0.25) is 9.69 Å². The molecule has 9 heteroatoms. The minimum Gasteiger partial charge on any atom is -0.442 e. The molecule has 4 rings (SSSR count). The van der Waals surface area contributed by atoms with E-state index in [9.17, 15) is 14.0 Å². The zero-order valence-electron chi connectivity index (χ0n) is 15.1. The molecule has 3 heterocycles. The van der Waals surface area contributed by atoms with E-state index in [1.54, 1.807) is 24.3 Å². The van der Waals surface area contributed by atoms with Gasteiger partial charge in [0.2, 0.25) is 0 Å². The summed E-state index contributed by atoms with van der Waals surface area (Å²) in [5.41, 5.74) is 0.936. The first-order valence-electron chi connectivity index (χ1n) is 9.04. The van der Waals surface area contributed by atoms with Crippen LogP contribution in [0.15, 0.2) is 35.7 Å². The van der Waals surface area contributed by atoms with E-state index in [2.05, 4.69) is 5.32 Å². The van der Waals surface area contributed by atoms with Crippen LogP contribution in [0.25, 0.3) is 0 Å². The minimum absolute atomic E-state index is 0.202. The van der Waals surface area contributed by atoms with Crippen LogP contribution in [0.5, 0.6) is 0 Å². The van der Waals surface area contributed by atoms with Gasteiger partial charge in [-0.25, -0.2) is 9.18 Å². The number of cyclic esters (lactones) is 1.